The predicted molar refractivity (Wildman–Crippen MR) is 74.3 cm³/mol. The minimum Gasteiger partial charge on any atom is -0.393 e. The molecule has 2 N–H and O–H groups in total. The molecule has 2 unspecified atom stereocenters. The Morgan fingerprint density at radius 3 is 2.47 bits per heavy atom. The fourth-order valence-corrected chi connectivity index (χ4v) is 2.05. The molecule has 4 heteroatoms. The maximum Gasteiger partial charge on any atom is 0.0782 e. The molecule has 2 atom stereocenters. The third kappa shape index (κ3) is 4.30. The molecule has 0 heterocycles. The van der Waals surface area contributed by atoms with E-state index >= 15 is 0 Å². The van der Waals surface area contributed by atoms with E-state index in [0.717, 1.165) is 22.3 Å². The largest absolute Gasteiger partial charge is 0.393 e. The predicted octanol–water partition coefficient (Wildman–Crippen LogP) is 2.71. The topological polar surface area (TPSA) is 43.7 Å². The van der Waals surface area contributed by atoms with Gasteiger partial charge in [0, 0.05) is 29.3 Å². The maximum absolute atomic E-state index is 9.73. The number of hydrogen-bond acceptors (Lipinski definition) is 3. The first-order valence-corrected chi connectivity index (χ1v) is 6.58. The van der Waals surface area contributed by atoms with Crippen LogP contribution in [0.1, 0.15) is 31.9 Å². The molecule has 0 saturated heterocycles. The standard InChI is InChI=1S/C13H20BrNO2/c1-9(16)6-7-15(3)13-8-11(14)4-5-12(13)10(2)17/h4-5,8-10,16-17H,6-7H2,1-3H3. The summed E-state index contributed by atoms with van der Waals surface area (Å²) in [6.07, 6.45) is -0.0888. The zero-order valence-electron chi connectivity index (χ0n) is 10.5. The van der Waals surface area contributed by atoms with Gasteiger partial charge in [0.15, 0.2) is 0 Å². The average Bonchev–Trinajstić information content (AvgIpc) is 2.25. The van der Waals surface area contributed by atoms with Crippen molar-refractivity contribution in [3.8, 4) is 0 Å². The van der Waals surface area contributed by atoms with E-state index in [1.807, 2.05) is 25.2 Å². The van der Waals surface area contributed by atoms with Crippen LogP contribution in [0.5, 0.6) is 0 Å². The molecular weight excluding hydrogens is 282 g/mol. The van der Waals surface area contributed by atoms with Gasteiger partial charge in [0.05, 0.1) is 12.2 Å². The van der Waals surface area contributed by atoms with Crippen molar-refractivity contribution in [2.75, 3.05) is 18.5 Å². The van der Waals surface area contributed by atoms with Gasteiger partial charge in [-0.25, -0.2) is 0 Å². The summed E-state index contributed by atoms with van der Waals surface area (Å²) in [7, 11) is 1.97. The van der Waals surface area contributed by atoms with E-state index < -0.39 is 6.10 Å². The molecule has 0 radical (unpaired) electrons. The Morgan fingerprint density at radius 1 is 1.29 bits per heavy atom. The first-order chi connectivity index (χ1) is 7.91. The van der Waals surface area contributed by atoms with Crippen LogP contribution in [0.15, 0.2) is 22.7 Å². The first kappa shape index (κ1) is 14.5. The quantitative estimate of drug-likeness (QED) is 0.879. The number of anilines is 1. The lowest BCUT2D eigenvalue weighted by atomic mass is 10.1. The highest BCUT2D eigenvalue weighted by Crippen LogP contribution is 2.29. The zero-order chi connectivity index (χ0) is 13.0. The van der Waals surface area contributed by atoms with Crippen molar-refractivity contribution in [2.45, 2.75) is 32.5 Å². The van der Waals surface area contributed by atoms with Crippen LogP contribution < -0.4 is 4.90 Å². The van der Waals surface area contributed by atoms with E-state index in [-0.39, 0.29) is 6.10 Å². The second-order valence-electron chi connectivity index (χ2n) is 4.44. The summed E-state index contributed by atoms with van der Waals surface area (Å²) >= 11 is 3.44. The van der Waals surface area contributed by atoms with E-state index in [1.54, 1.807) is 13.8 Å². The molecule has 96 valence electrons. The van der Waals surface area contributed by atoms with Gasteiger partial charge in [-0.15, -0.1) is 0 Å². The molecule has 0 amide bonds. The molecule has 0 saturated carbocycles. The van der Waals surface area contributed by atoms with Crippen LogP contribution in [0.4, 0.5) is 5.69 Å². The summed E-state index contributed by atoms with van der Waals surface area (Å²) < 4.78 is 0.987. The van der Waals surface area contributed by atoms with Gasteiger partial charge in [-0.1, -0.05) is 22.0 Å². The smallest absolute Gasteiger partial charge is 0.0782 e. The number of halogens is 1. The Kier molecular flexibility index (Phi) is 5.43. The van der Waals surface area contributed by atoms with Crippen molar-refractivity contribution in [1.29, 1.82) is 0 Å². The molecule has 0 aliphatic heterocycles. The van der Waals surface area contributed by atoms with Gasteiger partial charge in [-0.3, -0.25) is 0 Å². The Hall–Kier alpha value is -0.580. The third-order valence-corrected chi connectivity index (χ3v) is 3.23. The van der Waals surface area contributed by atoms with E-state index in [2.05, 4.69) is 20.8 Å². The van der Waals surface area contributed by atoms with Gasteiger partial charge in [0.1, 0.15) is 0 Å². The Labute approximate surface area is 111 Å². The number of nitrogens with zero attached hydrogens (tertiary/aromatic N) is 1. The molecule has 0 aliphatic rings. The van der Waals surface area contributed by atoms with Crippen molar-refractivity contribution in [1.82, 2.24) is 0 Å². The van der Waals surface area contributed by atoms with Crippen LogP contribution in [-0.2, 0) is 0 Å². The minimum absolute atomic E-state index is 0.306. The summed E-state index contributed by atoms with van der Waals surface area (Å²) in [6.45, 7) is 4.30. The molecule has 1 aromatic rings. The molecule has 0 bridgehead atoms. The van der Waals surface area contributed by atoms with Gasteiger partial charge in [0.2, 0.25) is 0 Å². The average molecular weight is 302 g/mol. The maximum atomic E-state index is 9.73. The second-order valence-corrected chi connectivity index (χ2v) is 5.35. The molecule has 1 aromatic carbocycles. The van der Waals surface area contributed by atoms with Crippen LogP contribution in [0.2, 0.25) is 0 Å². The van der Waals surface area contributed by atoms with Crippen molar-refractivity contribution in [3.63, 3.8) is 0 Å². The normalized spacial score (nSPS) is 14.5. The molecule has 3 nitrogen and oxygen atoms in total. The summed E-state index contributed by atoms with van der Waals surface area (Å²) in [5.74, 6) is 0. The van der Waals surface area contributed by atoms with Crippen molar-refractivity contribution in [3.05, 3.63) is 28.2 Å². The number of benzene rings is 1. The fraction of sp³-hybridized carbons (Fsp3) is 0.538. The Bertz CT molecular complexity index is 366. The van der Waals surface area contributed by atoms with Crippen molar-refractivity contribution < 1.29 is 10.2 Å². The molecule has 17 heavy (non-hydrogen) atoms. The van der Waals surface area contributed by atoms with E-state index in [4.69, 9.17) is 0 Å². The van der Waals surface area contributed by atoms with Gasteiger partial charge < -0.3 is 15.1 Å². The number of aliphatic hydroxyl groups is 2. The molecule has 0 aliphatic carbocycles. The number of rotatable bonds is 5. The number of hydrogen-bond donors (Lipinski definition) is 2. The van der Waals surface area contributed by atoms with Crippen LogP contribution >= 0.6 is 15.9 Å². The molecule has 0 fully saturated rings. The summed E-state index contributed by atoms with van der Waals surface area (Å²) in [5.41, 5.74) is 1.90. The van der Waals surface area contributed by atoms with Crippen molar-refractivity contribution >= 4 is 21.6 Å². The van der Waals surface area contributed by atoms with E-state index in [0.29, 0.717) is 6.42 Å². The highest BCUT2D eigenvalue weighted by atomic mass is 79.9. The lowest BCUT2D eigenvalue weighted by Crippen LogP contribution is -2.23. The molecule has 0 aromatic heterocycles. The van der Waals surface area contributed by atoms with E-state index in [1.165, 1.54) is 0 Å². The second kappa shape index (κ2) is 6.38. The molecule has 0 spiro atoms. The van der Waals surface area contributed by atoms with Crippen molar-refractivity contribution in [2.24, 2.45) is 0 Å². The van der Waals surface area contributed by atoms with Gasteiger partial charge in [-0.05, 0) is 32.4 Å². The van der Waals surface area contributed by atoms with Crippen LogP contribution in [0, 0.1) is 0 Å². The van der Waals surface area contributed by atoms with E-state index in [9.17, 15) is 10.2 Å². The fourth-order valence-electron chi connectivity index (χ4n) is 1.70. The summed E-state index contributed by atoms with van der Waals surface area (Å²) in [4.78, 5) is 2.06. The van der Waals surface area contributed by atoms with Crippen LogP contribution in [0.3, 0.4) is 0 Å². The lowest BCUT2D eigenvalue weighted by Gasteiger charge is -2.24. The monoisotopic (exact) mass is 301 g/mol. The zero-order valence-corrected chi connectivity index (χ0v) is 12.1. The van der Waals surface area contributed by atoms with Gasteiger partial charge in [0.25, 0.3) is 0 Å². The van der Waals surface area contributed by atoms with Crippen LogP contribution in [-0.4, -0.2) is 29.9 Å². The van der Waals surface area contributed by atoms with Gasteiger partial charge >= 0.3 is 0 Å². The Morgan fingerprint density at radius 2 is 1.94 bits per heavy atom. The SMILES string of the molecule is CC(O)CCN(C)c1cc(Br)ccc1C(C)O. The lowest BCUT2D eigenvalue weighted by molar-refractivity contribution is 0.186. The Balaban J connectivity index is 2.90. The number of aliphatic hydroxyl groups excluding tert-OH is 2. The first-order valence-electron chi connectivity index (χ1n) is 5.78. The van der Waals surface area contributed by atoms with Gasteiger partial charge in [-0.2, -0.15) is 0 Å². The molecule has 1 rings (SSSR count). The summed E-state index contributed by atoms with van der Waals surface area (Å²) in [5, 5.41) is 19.0. The highest BCUT2D eigenvalue weighted by Gasteiger charge is 2.12. The third-order valence-electron chi connectivity index (χ3n) is 2.74. The molecular formula is C13H20BrNO2. The minimum atomic E-state index is -0.493. The van der Waals surface area contributed by atoms with Crippen LogP contribution in [0.25, 0.3) is 0 Å². The highest BCUT2D eigenvalue weighted by molar-refractivity contribution is 9.10. The summed E-state index contributed by atoms with van der Waals surface area (Å²) in [6, 6.07) is 5.83.